The van der Waals surface area contributed by atoms with Crippen LogP contribution in [0.3, 0.4) is 0 Å². The highest BCUT2D eigenvalue weighted by atomic mass is 19.2. The lowest BCUT2D eigenvalue weighted by Crippen LogP contribution is -2.42. The smallest absolute Gasteiger partial charge is 0.200 e. The van der Waals surface area contributed by atoms with Gasteiger partial charge in [0.1, 0.15) is 18.1 Å². The van der Waals surface area contributed by atoms with Crippen molar-refractivity contribution >= 4 is 5.78 Å². The third-order valence-electron chi connectivity index (χ3n) is 8.09. The number of carbonyl (C=O) groups excluding carboxylic acids is 1. The normalized spacial score (nSPS) is 28.8. The van der Waals surface area contributed by atoms with E-state index >= 15 is 0 Å². The molecule has 0 heterocycles. The average molecular weight is 450 g/mol. The topological polar surface area (TPSA) is 26.3 Å². The highest BCUT2D eigenvalue weighted by Crippen LogP contribution is 2.59. The van der Waals surface area contributed by atoms with E-state index in [0.717, 1.165) is 37.7 Å². The number of halogens is 5. The summed E-state index contributed by atoms with van der Waals surface area (Å²) < 4.78 is 73.3. The molecule has 2 aromatic rings. The first-order valence-electron chi connectivity index (χ1n) is 11.0. The number of carbonyl (C=O) groups is 1. The highest BCUT2D eigenvalue weighted by molar-refractivity contribution is 5.87. The molecular weight excluding hydrogens is 427 g/mol. The number of hydrogen-bond donors (Lipinski definition) is 0. The number of ether oxygens (including phenoxy) is 1. The van der Waals surface area contributed by atoms with Crippen molar-refractivity contribution in [3.8, 4) is 5.75 Å². The Hall–Kier alpha value is -2.44. The summed E-state index contributed by atoms with van der Waals surface area (Å²) >= 11 is 0. The van der Waals surface area contributed by atoms with Crippen LogP contribution in [0.25, 0.3) is 0 Å². The van der Waals surface area contributed by atoms with Crippen molar-refractivity contribution < 1.29 is 31.5 Å². The Bertz CT molecular complexity index is 1080. The molecule has 0 radical (unpaired) electrons. The summed E-state index contributed by atoms with van der Waals surface area (Å²) in [5, 5.41) is 0. The van der Waals surface area contributed by atoms with Crippen molar-refractivity contribution in [2.75, 3.05) is 0 Å². The Morgan fingerprint density at radius 3 is 2.34 bits per heavy atom. The SMILES string of the molecule is C[C@]12CC[C@@H]3c4ccc(OCc5c(F)c(F)c(F)c(F)c5F)cc4CC[C@H]3[C@H]1CCC2=O. The number of aryl methyl sites for hydroxylation is 1. The average Bonchev–Trinajstić information content (AvgIpc) is 3.10. The highest BCUT2D eigenvalue weighted by Gasteiger charge is 2.54. The van der Waals surface area contributed by atoms with E-state index in [1.807, 2.05) is 6.07 Å². The first-order valence-corrected chi connectivity index (χ1v) is 11.0. The van der Waals surface area contributed by atoms with E-state index in [0.29, 0.717) is 35.7 Å². The first-order chi connectivity index (χ1) is 15.2. The van der Waals surface area contributed by atoms with Crippen molar-refractivity contribution in [2.24, 2.45) is 17.3 Å². The number of Topliss-reactive ketones (excluding diaryl/α,β-unsaturated/α-hetero) is 1. The number of ketones is 1. The molecule has 2 saturated carbocycles. The van der Waals surface area contributed by atoms with Crippen molar-refractivity contribution in [2.45, 2.75) is 58.0 Å². The molecule has 32 heavy (non-hydrogen) atoms. The van der Waals surface area contributed by atoms with Gasteiger partial charge in [-0.05, 0) is 73.1 Å². The largest absolute Gasteiger partial charge is 0.489 e. The van der Waals surface area contributed by atoms with Crippen LogP contribution in [-0.2, 0) is 17.8 Å². The van der Waals surface area contributed by atoms with Gasteiger partial charge in [0, 0.05) is 11.8 Å². The molecular formula is C25H23F5O2. The molecule has 3 aliphatic carbocycles. The van der Waals surface area contributed by atoms with Gasteiger partial charge in [-0.3, -0.25) is 4.79 Å². The molecule has 4 atom stereocenters. The molecule has 0 saturated heterocycles. The maximum absolute atomic E-state index is 13.9. The van der Waals surface area contributed by atoms with Crippen molar-refractivity contribution in [3.05, 3.63) is 64.0 Å². The summed E-state index contributed by atoms with van der Waals surface area (Å²) in [5.74, 6) is -7.93. The van der Waals surface area contributed by atoms with Crippen LogP contribution in [0.5, 0.6) is 5.75 Å². The molecule has 0 unspecified atom stereocenters. The summed E-state index contributed by atoms with van der Waals surface area (Å²) in [6.07, 6.45) is 5.22. The molecule has 0 aliphatic heterocycles. The predicted molar refractivity (Wildman–Crippen MR) is 107 cm³/mol. The van der Waals surface area contributed by atoms with Crippen LogP contribution < -0.4 is 4.74 Å². The quantitative estimate of drug-likeness (QED) is 0.308. The van der Waals surface area contributed by atoms with Crippen molar-refractivity contribution in [1.29, 1.82) is 0 Å². The summed E-state index contributed by atoms with van der Waals surface area (Å²) in [4.78, 5) is 12.5. The fourth-order valence-corrected chi connectivity index (χ4v) is 6.35. The number of hydrogen-bond acceptors (Lipinski definition) is 2. The summed E-state index contributed by atoms with van der Waals surface area (Å²) in [5.41, 5.74) is 1.10. The standard InChI is InChI=1S/C25H23F5O2/c1-25-9-8-15-14-5-3-13(10-12(14)2-4-16(15)18(25)6-7-19(25)31)32-11-17-20(26)22(28)24(30)23(29)21(17)27/h3,5,10,15-16,18H,2,4,6-9,11H2,1H3/t15-,16-,18-,25+/m1/s1. The van der Waals surface area contributed by atoms with Crippen LogP contribution in [0.4, 0.5) is 22.0 Å². The van der Waals surface area contributed by atoms with E-state index in [1.54, 1.807) is 12.1 Å². The van der Waals surface area contributed by atoms with Gasteiger partial charge in [-0.1, -0.05) is 13.0 Å². The lowest BCUT2D eigenvalue weighted by molar-refractivity contribution is -0.129. The van der Waals surface area contributed by atoms with E-state index < -0.39 is 41.3 Å². The zero-order valence-electron chi connectivity index (χ0n) is 17.6. The van der Waals surface area contributed by atoms with Gasteiger partial charge < -0.3 is 4.74 Å². The first kappa shape index (κ1) is 21.4. The van der Waals surface area contributed by atoms with Crippen molar-refractivity contribution in [3.63, 3.8) is 0 Å². The molecule has 0 bridgehead atoms. The van der Waals surface area contributed by atoms with Crippen molar-refractivity contribution in [1.82, 2.24) is 0 Å². The molecule has 0 N–H and O–H groups in total. The van der Waals surface area contributed by atoms with E-state index in [-0.39, 0.29) is 5.41 Å². The zero-order valence-corrected chi connectivity index (χ0v) is 17.6. The van der Waals surface area contributed by atoms with Crippen LogP contribution in [0.2, 0.25) is 0 Å². The third kappa shape index (κ3) is 3.07. The lowest BCUT2D eigenvalue weighted by Gasteiger charge is -2.48. The molecule has 0 aromatic heterocycles. The fraction of sp³-hybridized carbons (Fsp3) is 0.480. The monoisotopic (exact) mass is 450 g/mol. The minimum Gasteiger partial charge on any atom is -0.489 e. The summed E-state index contributed by atoms with van der Waals surface area (Å²) in [7, 11) is 0. The predicted octanol–water partition coefficient (Wildman–Crippen LogP) is 6.39. The van der Waals surface area contributed by atoms with E-state index in [4.69, 9.17) is 4.74 Å². The maximum Gasteiger partial charge on any atom is 0.200 e. The van der Waals surface area contributed by atoms with Crippen LogP contribution in [0.1, 0.15) is 61.6 Å². The van der Waals surface area contributed by atoms with E-state index in [9.17, 15) is 26.7 Å². The van der Waals surface area contributed by atoms with Gasteiger partial charge >= 0.3 is 0 Å². The van der Waals surface area contributed by atoms with Gasteiger partial charge in [-0.2, -0.15) is 0 Å². The van der Waals surface area contributed by atoms with E-state index in [2.05, 4.69) is 6.92 Å². The van der Waals surface area contributed by atoms with Gasteiger partial charge in [0.05, 0.1) is 5.56 Å². The lowest BCUT2D eigenvalue weighted by atomic mass is 9.55. The molecule has 0 amide bonds. The zero-order chi connectivity index (χ0) is 22.8. The molecule has 2 fully saturated rings. The second kappa shape index (κ2) is 7.56. The molecule has 0 spiro atoms. The van der Waals surface area contributed by atoms with Gasteiger partial charge in [-0.25, -0.2) is 22.0 Å². The molecule has 7 heteroatoms. The van der Waals surface area contributed by atoms with Crippen LogP contribution >= 0.6 is 0 Å². The van der Waals surface area contributed by atoms with Gasteiger partial charge in [0.15, 0.2) is 23.3 Å². The molecule has 2 nitrogen and oxygen atoms in total. The van der Waals surface area contributed by atoms with Crippen LogP contribution in [-0.4, -0.2) is 5.78 Å². The van der Waals surface area contributed by atoms with Gasteiger partial charge in [0.25, 0.3) is 0 Å². The number of fused-ring (bicyclic) bond motifs is 5. The molecule has 5 rings (SSSR count). The van der Waals surface area contributed by atoms with Gasteiger partial charge in [-0.15, -0.1) is 0 Å². The Morgan fingerprint density at radius 1 is 0.938 bits per heavy atom. The summed E-state index contributed by atoms with van der Waals surface area (Å²) in [6.45, 7) is 1.36. The van der Waals surface area contributed by atoms with Crippen LogP contribution in [0, 0.1) is 46.3 Å². The Kier molecular flexibility index (Phi) is 5.06. The second-order valence-electron chi connectivity index (χ2n) is 9.53. The minimum absolute atomic E-state index is 0.199. The van der Waals surface area contributed by atoms with Gasteiger partial charge in [0.2, 0.25) is 5.82 Å². The molecule has 3 aliphatic rings. The Morgan fingerprint density at radius 2 is 1.62 bits per heavy atom. The second-order valence-corrected chi connectivity index (χ2v) is 9.53. The number of rotatable bonds is 3. The fourth-order valence-electron chi connectivity index (χ4n) is 6.35. The molecule has 170 valence electrons. The van der Waals surface area contributed by atoms with E-state index in [1.165, 1.54) is 5.56 Å². The Balaban J connectivity index is 1.36. The minimum atomic E-state index is -2.18. The third-order valence-corrected chi connectivity index (χ3v) is 8.09. The summed E-state index contributed by atoms with van der Waals surface area (Å²) in [6, 6.07) is 5.42. The number of benzene rings is 2. The maximum atomic E-state index is 13.9. The molecule has 2 aromatic carbocycles. The van der Waals surface area contributed by atoms with Crippen LogP contribution in [0.15, 0.2) is 18.2 Å². The Labute approximate surface area is 182 Å².